The lowest BCUT2D eigenvalue weighted by Crippen LogP contribution is -2.30. The van der Waals surface area contributed by atoms with Crippen molar-refractivity contribution in [1.29, 1.82) is 0 Å². The monoisotopic (exact) mass is 428 g/mol. The highest BCUT2D eigenvalue weighted by atomic mass is 35.5. The predicted octanol–water partition coefficient (Wildman–Crippen LogP) is 4.80. The number of carbonyl (C=O) groups is 1. The number of halogens is 1. The van der Waals surface area contributed by atoms with E-state index in [9.17, 15) is 13.2 Å². The SMILES string of the molecule is CCN(Cc1ccc(C(=O)Nc2ccccc2)cc1)S(=O)(=O)c1ccc(Cl)cc1. The molecule has 0 unspecified atom stereocenters. The second-order valence-electron chi connectivity index (χ2n) is 6.40. The van der Waals surface area contributed by atoms with Crippen molar-refractivity contribution in [2.45, 2.75) is 18.4 Å². The Bertz CT molecular complexity index is 1070. The number of nitrogens with zero attached hydrogens (tertiary/aromatic N) is 1. The molecule has 0 bridgehead atoms. The molecule has 0 aliphatic carbocycles. The minimum Gasteiger partial charge on any atom is -0.322 e. The Morgan fingerprint density at radius 3 is 2.14 bits per heavy atom. The fraction of sp³-hybridized carbons (Fsp3) is 0.136. The molecule has 0 aromatic heterocycles. The molecule has 150 valence electrons. The summed E-state index contributed by atoms with van der Waals surface area (Å²) < 4.78 is 27.1. The van der Waals surface area contributed by atoms with E-state index in [1.54, 1.807) is 43.3 Å². The van der Waals surface area contributed by atoms with Gasteiger partial charge < -0.3 is 5.32 Å². The summed E-state index contributed by atoms with van der Waals surface area (Å²) in [6, 6.07) is 22.2. The molecular weight excluding hydrogens is 408 g/mol. The predicted molar refractivity (Wildman–Crippen MR) is 116 cm³/mol. The lowest BCUT2D eigenvalue weighted by Gasteiger charge is -2.21. The molecule has 1 N–H and O–H groups in total. The van der Waals surface area contributed by atoms with Crippen LogP contribution >= 0.6 is 11.6 Å². The second kappa shape index (κ2) is 9.22. The van der Waals surface area contributed by atoms with Crippen LogP contribution in [0, 0.1) is 0 Å². The van der Waals surface area contributed by atoms with Crippen LogP contribution in [0.3, 0.4) is 0 Å². The molecule has 0 saturated heterocycles. The molecule has 1 amide bonds. The van der Waals surface area contributed by atoms with E-state index in [0.29, 0.717) is 22.8 Å². The Morgan fingerprint density at radius 2 is 1.55 bits per heavy atom. The van der Waals surface area contributed by atoms with Gasteiger partial charge in [-0.1, -0.05) is 48.9 Å². The molecule has 0 radical (unpaired) electrons. The van der Waals surface area contributed by atoms with E-state index < -0.39 is 10.0 Å². The first-order chi connectivity index (χ1) is 13.9. The minimum absolute atomic E-state index is 0.197. The second-order valence-corrected chi connectivity index (χ2v) is 8.78. The lowest BCUT2D eigenvalue weighted by atomic mass is 10.1. The smallest absolute Gasteiger partial charge is 0.255 e. The van der Waals surface area contributed by atoms with Gasteiger partial charge in [-0.05, 0) is 54.1 Å². The van der Waals surface area contributed by atoms with Gasteiger partial charge in [0.15, 0.2) is 0 Å². The molecule has 0 aliphatic heterocycles. The molecule has 0 saturated carbocycles. The number of para-hydroxylation sites is 1. The maximum absolute atomic E-state index is 12.9. The first-order valence-corrected chi connectivity index (χ1v) is 10.9. The molecule has 3 rings (SSSR count). The van der Waals surface area contributed by atoms with Gasteiger partial charge >= 0.3 is 0 Å². The Kier molecular flexibility index (Phi) is 6.69. The first-order valence-electron chi connectivity index (χ1n) is 9.11. The van der Waals surface area contributed by atoms with Crippen molar-refractivity contribution < 1.29 is 13.2 Å². The quantitative estimate of drug-likeness (QED) is 0.587. The zero-order valence-electron chi connectivity index (χ0n) is 15.9. The van der Waals surface area contributed by atoms with Crippen molar-refractivity contribution in [1.82, 2.24) is 4.31 Å². The molecule has 0 atom stereocenters. The van der Waals surface area contributed by atoms with E-state index >= 15 is 0 Å². The van der Waals surface area contributed by atoms with Crippen molar-refractivity contribution in [3.05, 3.63) is 95.0 Å². The van der Waals surface area contributed by atoms with Crippen LogP contribution in [-0.2, 0) is 16.6 Å². The van der Waals surface area contributed by atoms with Crippen molar-refractivity contribution in [2.24, 2.45) is 0 Å². The zero-order chi connectivity index (χ0) is 20.9. The highest BCUT2D eigenvalue weighted by molar-refractivity contribution is 7.89. The average Bonchev–Trinajstić information content (AvgIpc) is 2.73. The molecule has 0 heterocycles. The van der Waals surface area contributed by atoms with Crippen molar-refractivity contribution >= 4 is 33.2 Å². The van der Waals surface area contributed by atoms with Crippen molar-refractivity contribution in [2.75, 3.05) is 11.9 Å². The van der Waals surface area contributed by atoms with Gasteiger partial charge in [-0.25, -0.2) is 8.42 Å². The summed E-state index contributed by atoms with van der Waals surface area (Å²) in [4.78, 5) is 12.5. The van der Waals surface area contributed by atoms with Gasteiger partial charge in [0.25, 0.3) is 5.91 Å². The normalized spacial score (nSPS) is 11.4. The van der Waals surface area contributed by atoms with Gasteiger partial charge in [0.05, 0.1) is 4.90 Å². The van der Waals surface area contributed by atoms with E-state index in [2.05, 4.69) is 5.32 Å². The lowest BCUT2D eigenvalue weighted by molar-refractivity contribution is 0.102. The first kappa shape index (κ1) is 21.0. The van der Waals surface area contributed by atoms with Gasteiger partial charge in [0.1, 0.15) is 0 Å². The van der Waals surface area contributed by atoms with Crippen molar-refractivity contribution in [3.8, 4) is 0 Å². The third-order valence-electron chi connectivity index (χ3n) is 4.41. The van der Waals surface area contributed by atoms with Crippen LogP contribution in [0.25, 0.3) is 0 Å². The highest BCUT2D eigenvalue weighted by Crippen LogP contribution is 2.20. The molecule has 5 nitrogen and oxygen atoms in total. The summed E-state index contributed by atoms with van der Waals surface area (Å²) in [7, 11) is -3.64. The van der Waals surface area contributed by atoms with Gasteiger partial charge in [-0.3, -0.25) is 4.79 Å². The molecule has 0 spiro atoms. The van der Waals surface area contributed by atoms with Crippen LogP contribution in [0.2, 0.25) is 5.02 Å². The van der Waals surface area contributed by atoms with E-state index in [4.69, 9.17) is 11.6 Å². The van der Waals surface area contributed by atoms with Crippen LogP contribution in [0.1, 0.15) is 22.8 Å². The van der Waals surface area contributed by atoms with Gasteiger partial charge in [-0.2, -0.15) is 4.31 Å². The Labute approximate surface area is 176 Å². The molecule has 7 heteroatoms. The maximum Gasteiger partial charge on any atom is 0.255 e. The van der Waals surface area contributed by atoms with E-state index in [-0.39, 0.29) is 17.3 Å². The molecule has 0 fully saturated rings. The van der Waals surface area contributed by atoms with Crippen LogP contribution in [0.15, 0.2) is 83.8 Å². The summed E-state index contributed by atoms with van der Waals surface area (Å²) in [5.74, 6) is -0.219. The van der Waals surface area contributed by atoms with Gasteiger partial charge in [-0.15, -0.1) is 0 Å². The highest BCUT2D eigenvalue weighted by Gasteiger charge is 2.23. The minimum atomic E-state index is -3.64. The van der Waals surface area contributed by atoms with Crippen LogP contribution in [-0.4, -0.2) is 25.2 Å². The summed E-state index contributed by atoms with van der Waals surface area (Å²) >= 11 is 5.86. The topological polar surface area (TPSA) is 66.5 Å². The van der Waals surface area contributed by atoms with Crippen LogP contribution < -0.4 is 5.32 Å². The Morgan fingerprint density at radius 1 is 0.931 bits per heavy atom. The maximum atomic E-state index is 12.9. The van der Waals surface area contributed by atoms with Gasteiger partial charge in [0, 0.05) is 29.4 Å². The molecule has 3 aromatic rings. The zero-order valence-corrected chi connectivity index (χ0v) is 17.5. The number of rotatable bonds is 7. The summed E-state index contributed by atoms with van der Waals surface area (Å²) in [6.45, 7) is 2.32. The molecule has 0 aliphatic rings. The Balaban J connectivity index is 1.72. The van der Waals surface area contributed by atoms with E-state index in [0.717, 1.165) is 5.56 Å². The number of benzene rings is 3. The number of sulfonamides is 1. The number of nitrogens with one attached hydrogen (secondary N) is 1. The van der Waals surface area contributed by atoms with E-state index in [1.165, 1.54) is 16.4 Å². The molecule has 29 heavy (non-hydrogen) atoms. The number of anilines is 1. The standard InChI is InChI=1S/C22H21ClN2O3S/c1-2-25(29(27,28)21-14-12-19(23)13-15-21)16-17-8-10-18(11-9-17)22(26)24-20-6-4-3-5-7-20/h3-15H,2,16H2,1H3,(H,24,26). The number of amides is 1. The van der Waals surface area contributed by atoms with Gasteiger partial charge in [0.2, 0.25) is 10.0 Å². The largest absolute Gasteiger partial charge is 0.322 e. The number of hydrogen-bond acceptors (Lipinski definition) is 3. The van der Waals surface area contributed by atoms with Crippen LogP contribution in [0.4, 0.5) is 5.69 Å². The average molecular weight is 429 g/mol. The fourth-order valence-electron chi connectivity index (χ4n) is 2.81. The third-order valence-corrected chi connectivity index (χ3v) is 6.60. The summed E-state index contributed by atoms with van der Waals surface area (Å²) in [5, 5.41) is 3.31. The number of hydrogen-bond donors (Lipinski definition) is 1. The molecular formula is C22H21ClN2O3S. The molecule has 3 aromatic carbocycles. The van der Waals surface area contributed by atoms with Crippen molar-refractivity contribution in [3.63, 3.8) is 0 Å². The third kappa shape index (κ3) is 5.23. The number of carbonyl (C=O) groups excluding carboxylic acids is 1. The Hall–Kier alpha value is -2.67. The fourth-order valence-corrected chi connectivity index (χ4v) is 4.38. The van der Waals surface area contributed by atoms with Crippen LogP contribution in [0.5, 0.6) is 0 Å². The summed E-state index contributed by atoms with van der Waals surface area (Å²) in [5.41, 5.74) is 2.01. The van der Waals surface area contributed by atoms with E-state index in [1.807, 2.05) is 30.3 Å². The summed E-state index contributed by atoms with van der Waals surface area (Å²) in [6.07, 6.45) is 0.